The average molecular weight is 339 g/mol. The highest BCUT2D eigenvalue weighted by atomic mass is 31.2. The van der Waals surface area contributed by atoms with Crippen LogP contribution in [0.1, 0.15) is 39.2 Å². The Kier molecular flexibility index (Phi) is 6.97. The lowest BCUT2D eigenvalue weighted by Crippen LogP contribution is -2.49. The summed E-state index contributed by atoms with van der Waals surface area (Å²) >= 11 is 0. The summed E-state index contributed by atoms with van der Waals surface area (Å²) in [6.07, 6.45) is 1.47. The van der Waals surface area contributed by atoms with Crippen LogP contribution in [0.2, 0.25) is 0 Å². The molecule has 1 aliphatic heterocycles. The van der Waals surface area contributed by atoms with E-state index in [2.05, 4.69) is 12.2 Å². The molecule has 1 fully saturated rings. The molecule has 2 atom stereocenters. The smallest absolute Gasteiger partial charge is 0.333 e. The summed E-state index contributed by atoms with van der Waals surface area (Å²) in [4.78, 5) is 12.4. The van der Waals surface area contributed by atoms with Gasteiger partial charge in [-0.2, -0.15) is 0 Å². The van der Waals surface area contributed by atoms with E-state index in [1.165, 1.54) is 0 Å². The molecule has 0 aliphatic carbocycles. The molecule has 128 valence electrons. The normalized spacial score (nSPS) is 23.4. The first-order valence-corrected chi connectivity index (χ1v) is 9.17. The maximum absolute atomic E-state index is 12.4. The third kappa shape index (κ3) is 5.54. The number of benzene rings is 1. The summed E-state index contributed by atoms with van der Waals surface area (Å²) in [5, 5.41) is 2.94. The summed E-state index contributed by atoms with van der Waals surface area (Å²) in [6.45, 7) is 7.57. The molecule has 1 saturated heterocycles. The van der Waals surface area contributed by atoms with Gasteiger partial charge in [0.15, 0.2) is 6.10 Å². The number of nitrogens with one attached hydrogen (secondary N) is 1. The first kappa shape index (κ1) is 18.3. The van der Waals surface area contributed by atoms with Crippen molar-refractivity contribution in [1.82, 2.24) is 5.32 Å². The average Bonchev–Trinajstić information content (AvgIpc) is 2.54. The second kappa shape index (κ2) is 8.74. The molecular weight excluding hydrogens is 313 g/mol. The van der Waals surface area contributed by atoms with Gasteiger partial charge in [0.2, 0.25) is 5.91 Å². The van der Waals surface area contributed by atoms with Crippen LogP contribution in [0.4, 0.5) is 0 Å². The summed E-state index contributed by atoms with van der Waals surface area (Å²) in [6, 6.07) is 9.85. The lowest BCUT2D eigenvalue weighted by Gasteiger charge is -2.39. The number of hydrogen-bond acceptors (Lipinski definition) is 4. The van der Waals surface area contributed by atoms with Crippen LogP contribution in [0.25, 0.3) is 0 Å². The van der Waals surface area contributed by atoms with Gasteiger partial charge >= 0.3 is 8.60 Å². The molecule has 1 N–H and O–H groups in total. The molecule has 1 aliphatic rings. The van der Waals surface area contributed by atoms with E-state index < -0.39 is 14.7 Å². The highest BCUT2D eigenvalue weighted by Gasteiger charge is 2.44. The molecule has 0 spiro atoms. The Balaban J connectivity index is 1.88. The molecule has 0 saturated carbocycles. The van der Waals surface area contributed by atoms with Gasteiger partial charge in [-0.3, -0.25) is 9.32 Å². The van der Waals surface area contributed by atoms with Gasteiger partial charge in [-0.1, -0.05) is 57.5 Å². The van der Waals surface area contributed by atoms with Gasteiger partial charge < -0.3 is 14.4 Å². The summed E-state index contributed by atoms with van der Waals surface area (Å²) in [5.74, 6) is -0.0810. The van der Waals surface area contributed by atoms with Gasteiger partial charge in [-0.05, 0) is 12.0 Å². The van der Waals surface area contributed by atoms with Gasteiger partial charge in [0.1, 0.15) is 0 Å². The largest absolute Gasteiger partial charge is 0.354 e. The maximum Gasteiger partial charge on any atom is 0.333 e. The molecule has 1 amide bonds. The van der Waals surface area contributed by atoms with Gasteiger partial charge in [-0.15, -0.1) is 0 Å². The van der Waals surface area contributed by atoms with Crippen molar-refractivity contribution in [1.29, 1.82) is 0 Å². The lowest BCUT2D eigenvalue weighted by molar-refractivity contribution is -0.139. The Labute approximate surface area is 139 Å². The predicted octanol–water partition coefficient (Wildman–Crippen LogP) is 3.79. The Morgan fingerprint density at radius 2 is 2.13 bits per heavy atom. The topological polar surface area (TPSA) is 56.8 Å². The summed E-state index contributed by atoms with van der Waals surface area (Å²) < 4.78 is 17.2. The number of carbonyl (C=O) groups is 1. The summed E-state index contributed by atoms with van der Waals surface area (Å²) in [5.41, 5.74) is 0.682. The van der Waals surface area contributed by atoms with Gasteiger partial charge in [0.05, 0.1) is 13.2 Å². The SMILES string of the molecule is CCCCNC(=O)C1OP(OCc2ccccc2)OCC1(C)C. The Morgan fingerprint density at radius 3 is 2.83 bits per heavy atom. The fraction of sp³-hybridized carbons (Fsp3) is 0.588. The van der Waals surface area contributed by atoms with E-state index in [4.69, 9.17) is 13.6 Å². The van der Waals surface area contributed by atoms with Gasteiger partial charge in [-0.25, -0.2) is 0 Å². The molecule has 1 aromatic rings. The number of unbranched alkanes of at least 4 members (excludes halogenated alkanes) is 1. The highest BCUT2D eigenvalue weighted by Crippen LogP contribution is 2.50. The zero-order valence-electron chi connectivity index (χ0n) is 14.1. The minimum Gasteiger partial charge on any atom is -0.354 e. The lowest BCUT2D eigenvalue weighted by atomic mass is 9.87. The zero-order valence-corrected chi connectivity index (χ0v) is 15.0. The van der Waals surface area contributed by atoms with Crippen molar-refractivity contribution in [3.8, 4) is 0 Å². The van der Waals surface area contributed by atoms with Crippen molar-refractivity contribution in [2.24, 2.45) is 5.41 Å². The van der Waals surface area contributed by atoms with E-state index in [1.54, 1.807) is 0 Å². The van der Waals surface area contributed by atoms with Crippen molar-refractivity contribution in [3.63, 3.8) is 0 Å². The van der Waals surface area contributed by atoms with Crippen molar-refractivity contribution < 1.29 is 18.4 Å². The quantitative estimate of drug-likeness (QED) is 0.607. The van der Waals surface area contributed by atoms with E-state index in [0.29, 0.717) is 19.8 Å². The van der Waals surface area contributed by atoms with Crippen molar-refractivity contribution >= 4 is 14.5 Å². The van der Waals surface area contributed by atoms with Crippen LogP contribution in [0.3, 0.4) is 0 Å². The van der Waals surface area contributed by atoms with Crippen LogP contribution < -0.4 is 5.32 Å². The third-order valence-electron chi connectivity index (χ3n) is 3.69. The molecular formula is C17H26NO4P. The zero-order chi connectivity index (χ0) is 16.7. The highest BCUT2D eigenvalue weighted by molar-refractivity contribution is 7.41. The van der Waals surface area contributed by atoms with Crippen LogP contribution in [0, 0.1) is 5.41 Å². The molecule has 0 aromatic heterocycles. The minimum atomic E-state index is -1.51. The van der Waals surface area contributed by atoms with Gasteiger partial charge in [0, 0.05) is 12.0 Å². The molecule has 6 heteroatoms. The van der Waals surface area contributed by atoms with Crippen LogP contribution in [0.5, 0.6) is 0 Å². The first-order chi connectivity index (χ1) is 11.0. The number of hydrogen-bond donors (Lipinski definition) is 1. The number of rotatable bonds is 7. The minimum absolute atomic E-state index is 0.0810. The fourth-order valence-electron chi connectivity index (χ4n) is 2.21. The van der Waals surface area contributed by atoms with E-state index in [9.17, 15) is 4.79 Å². The van der Waals surface area contributed by atoms with Crippen LogP contribution in [0.15, 0.2) is 30.3 Å². The van der Waals surface area contributed by atoms with Crippen LogP contribution in [-0.2, 0) is 25.0 Å². The second-order valence-corrected chi connectivity index (χ2v) is 7.55. The molecule has 1 aromatic carbocycles. The van der Waals surface area contributed by atoms with Gasteiger partial charge in [0.25, 0.3) is 0 Å². The molecule has 5 nitrogen and oxygen atoms in total. The van der Waals surface area contributed by atoms with Crippen LogP contribution in [-0.4, -0.2) is 25.2 Å². The molecule has 0 radical (unpaired) electrons. The van der Waals surface area contributed by atoms with Crippen molar-refractivity contribution in [2.45, 2.75) is 46.3 Å². The van der Waals surface area contributed by atoms with E-state index in [0.717, 1.165) is 18.4 Å². The van der Waals surface area contributed by atoms with Crippen LogP contribution >= 0.6 is 8.60 Å². The second-order valence-electron chi connectivity index (χ2n) is 6.37. The number of carbonyl (C=O) groups excluding carboxylic acids is 1. The summed E-state index contributed by atoms with van der Waals surface area (Å²) in [7, 11) is -1.51. The number of amides is 1. The van der Waals surface area contributed by atoms with E-state index >= 15 is 0 Å². The third-order valence-corrected chi connectivity index (χ3v) is 4.75. The van der Waals surface area contributed by atoms with Crippen molar-refractivity contribution in [3.05, 3.63) is 35.9 Å². The van der Waals surface area contributed by atoms with E-state index in [1.807, 2.05) is 44.2 Å². The Morgan fingerprint density at radius 1 is 1.39 bits per heavy atom. The predicted molar refractivity (Wildman–Crippen MR) is 90.7 cm³/mol. The molecule has 2 rings (SSSR count). The molecule has 23 heavy (non-hydrogen) atoms. The Hall–Kier alpha value is -1.00. The first-order valence-electron chi connectivity index (χ1n) is 8.07. The molecule has 0 bridgehead atoms. The molecule has 2 unspecified atom stereocenters. The Bertz CT molecular complexity index is 495. The standard InChI is InChI=1S/C17H26NO4P/c1-4-5-11-18-16(19)15-17(2,3)13-21-23(22-15)20-12-14-9-7-6-8-10-14/h6-10,15H,4-5,11-13H2,1-3H3,(H,18,19). The van der Waals surface area contributed by atoms with Crippen molar-refractivity contribution in [2.75, 3.05) is 13.2 Å². The molecule has 1 heterocycles. The fourth-order valence-corrected chi connectivity index (χ4v) is 3.65. The monoisotopic (exact) mass is 339 g/mol. The maximum atomic E-state index is 12.4. The van der Waals surface area contributed by atoms with E-state index in [-0.39, 0.29) is 11.3 Å².